The summed E-state index contributed by atoms with van der Waals surface area (Å²) in [7, 11) is 1.20. The molecule has 1 rings (SSSR count). The molecule has 2 unspecified atom stereocenters. The van der Waals surface area contributed by atoms with Gasteiger partial charge in [-0.1, -0.05) is 13.8 Å². The lowest BCUT2D eigenvalue weighted by Crippen LogP contribution is -2.54. The zero-order valence-corrected chi connectivity index (χ0v) is 19.4. The second-order valence-corrected chi connectivity index (χ2v) is 8.45. The van der Waals surface area contributed by atoms with Crippen LogP contribution in [0.5, 0.6) is 0 Å². The topological polar surface area (TPSA) is 147 Å². The number of nitrogens with one attached hydrogen (secondary N) is 3. The predicted molar refractivity (Wildman–Crippen MR) is 117 cm³/mol. The van der Waals surface area contributed by atoms with Gasteiger partial charge >= 0.3 is 12.1 Å². The summed E-state index contributed by atoms with van der Waals surface area (Å²) in [5, 5.41) is 16.9. The second kappa shape index (κ2) is 11.1. The standard InChI is InChI=1S/C22H30N4O6/c1-12(2)17(26-21(30)32-22(4,5)6)19(28)24-13(3)18(27)25-15-8-9-16(20(29)31-7)14(10-15)11-23/h8-10,12-13,17H,1-7H3,(H,24,28)(H,25,27)(H,26,30). The van der Waals surface area contributed by atoms with E-state index in [1.807, 2.05) is 6.07 Å². The van der Waals surface area contributed by atoms with Crippen molar-refractivity contribution in [1.29, 1.82) is 5.26 Å². The highest BCUT2D eigenvalue weighted by atomic mass is 16.6. The van der Waals surface area contributed by atoms with E-state index in [4.69, 9.17) is 4.74 Å². The summed E-state index contributed by atoms with van der Waals surface area (Å²) in [4.78, 5) is 48.9. The molecule has 0 aromatic heterocycles. The number of benzene rings is 1. The van der Waals surface area contributed by atoms with Gasteiger partial charge in [0.05, 0.1) is 18.2 Å². The lowest BCUT2D eigenvalue weighted by molar-refractivity contribution is -0.128. The van der Waals surface area contributed by atoms with E-state index in [0.717, 1.165) is 0 Å². The van der Waals surface area contributed by atoms with Crippen molar-refractivity contribution in [2.45, 2.75) is 59.2 Å². The van der Waals surface area contributed by atoms with E-state index in [9.17, 15) is 24.4 Å². The van der Waals surface area contributed by atoms with Gasteiger partial charge in [-0.15, -0.1) is 0 Å². The zero-order valence-electron chi connectivity index (χ0n) is 19.4. The maximum atomic E-state index is 12.7. The van der Waals surface area contributed by atoms with Crippen LogP contribution in [0.15, 0.2) is 18.2 Å². The molecule has 2 atom stereocenters. The number of hydrogen-bond acceptors (Lipinski definition) is 7. The van der Waals surface area contributed by atoms with Gasteiger partial charge in [0, 0.05) is 5.69 Å². The number of amides is 3. The van der Waals surface area contributed by atoms with E-state index < -0.39 is 41.6 Å². The number of rotatable bonds is 7. The molecule has 10 heteroatoms. The quantitative estimate of drug-likeness (QED) is 0.545. The van der Waals surface area contributed by atoms with E-state index in [1.165, 1.54) is 32.2 Å². The molecular formula is C22H30N4O6. The number of esters is 1. The number of nitrogens with zero attached hydrogens (tertiary/aromatic N) is 1. The Labute approximate surface area is 187 Å². The van der Waals surface area contributed by atoms with Crippen LogP contribution in [-0.2, 0) is 19.1 Å². The largest absolute Gasteiger partial charge is 0.465 e. The number of hydrogen-bond donors (Lipinski definition) is 3. The summed E-state index contributed by atoms with van der Waals surface area (Å²) in [5.74, 6) is -2.03. The van der Waals surface area contributed by atoms with Crippen LogP contribution in [0, 0.1) is 17.2 Å². The van der Waals surface area contributed by atoms with Crippen LogP contribution in [-0.4, -0.2) is 48.7 Å². The van der Waals surface area contributed by atoms with Gasteiger partial charge < -0.3 is 25.4 Å². The van der Waals surface area contributed by atoms with E-state index in [2.05, 4.69) is 20.7 Å². The average Bonchev–Trinajstić information content (AvgIpc) is 2.69. The molecular weight excluding hydrogens is 416 g/mol. The van der Waals surface area contributed by atoms with Crippen LogP contribution in [0.25, 0.3) is 0 Å². The van der Waals surface area contributed by atoms with Crippen LogP contribution < -0.4 is 16.0 Å². The lowest BCUT2D eigenvalue weighted by Gasteiger charge is -2.26. The van der Waals surface area contributed by atoms with Crippen molar-refractivity contribution in [2.75, 3.05) is 12.4 Å². The van der Waals surface area contributed by atoms with Crippen LogP contribution in [0.3, 0.4) is 0 Å². The molecule has 0 radical (unpaired) electrons. The third kappa shape index (κ3) is 7.91. The molecule has 0 heterocycles. The number of nitriles is 1. The summed E-state index contributed by atoms with van der Waals surface area (Å²) in [6.45, 7) is 10.1. The van der Waals surface area contributed by atoms with Crippen molar-refractivity contribution in [3.63, 3.8) is 0 Å². The van der Waals surface area contributed by atoms with Crippen molar-refractivity contribution in [3.8, 4) is 6.07 Å². The van der Waals surface area contributed by atoms with Crippen molar-refractivity contribution in [1.82, 2.24) is 10.6 Å². The molecule has 0 saturated carbocycles. The van der Waals surface area contributed by atoms with E-state index in [-0.39, 0.29) is 22.7 Å². The molecule has 0 aliphatic rings. The monoisotopic (exact) mass is 446 g/mol. The normalized spacial score (nSPS) is 12.7. The number of alkyl carbamates (subject to hydrolysis) is 1. The van der Waals surface area contributed by atoms with Gasteiger partial charge in [0.1, 0.15) is 23.8 Å². The molecule has 10 nitrogen and oxygen atoms in total. The molecule has 0 spiro atoms. The Hall–Kier alpha value is -3.61. The minimum Gasteiger partial charge on any atom is -0.465 e. The molecule has 3 amide bonds. The fraction of sp³-hybridized carbons (Fsp3) is 0.500. The van der Waals surface area contributed by atoms with Gasteiger partial charge in [0.2, 0.25) is 11.8 Å². The Morgan fingerprint density at radius 3 is 2.16 bits per heavy atom. The summed E-state index contributed by atoms with van der Waals surface area (Å²) >= 11 is 0. The Balaban J connectivity index is 2.83. The highest BCUT2D eigenvalue weighted by Gasteiger charge is 2.29. The highest BCUT2D eigenvalue weighted by Crippen LogP contribution is 2.17. The summed E-state index contributed by atoms with van der Waals surface area (Å²) in [6.07, 6.45) is -0.738. The number of methoxy groups -OCH3 is 1. The average molecular weight is 447 g/mol. The first-order valence-electron chi connectivity index (χ1n) is 10.0. The fourth-order valence-corrected chi connectivity index (χ4v) is 2.59. The number of anilines is 1. The first kappa shape index (κ1) is 26.4. The third-order valence-electron chi connectivity index (χ3n) is 4.19. The number of carbonyl (C=O) groups is 4. The van der Waals surface area contributed by atoms with Gasteiger partial charge in [0.15, 0.2) is 0 Å². The minimum absolute atomic E-state index is 0.0350. The van der Waals surface area contributed by atoms with Gasteiger partial charge in [-0.3, -0.25) is 9.59 Å². The van der Waals surface area contributed by atoms with Crippen LogP contribution in [0.1, 0.15) is 57.5 Å². The maximum Gasteiger partial charge on any atom is 0.408 e. The van der Waals surface area contributed by atoms with Crippen molar-refractivity contribution in [2.24, 2.45) is 5.92 Å². The van der Waals surface area contributed by atoms with Crippen molar-refractivity contribution >= 4 is 29.6 Å². The molecule has 0 aliphatic heterocycles. The third-order valence-corrected chi connectivity index (χ3v) is 4.19. The van der Waals surface area contributed by atoms with E-state index >= 15 is 0 Å². The SMILES string of the molecule is COC(=O)c1ccc(NC(=O)C(C)NC(=O)C(NC(=O)OC(C)(C)C)C(C)C)cc1C#N. The Bertz CT molecular complexity index is 914. The molecule has 1 aromatic rings. The van der Waals surface area contributed by atoms with Crippen LogP contribution >= 0.6 is 0 Å². The Morgan fingerprint density at radius 1 is 1.03 bits per heavy atom. The Kier molecular flexibility index (Phi) is 9.19. The second-order valence-electron chi connectivity index (χ2n) is 8.45. The van der Waals surface area contributed by atoms with Gasteiger partial charge in [-0.05, 0) is 51.8 Å². The molecule has 3 N–H and O–H groups in total. The zero-order chi connectivity index (χ0) is 24.6. The molecule has 32 heavy (non-hydrogen) atoms. The smallest absolute Gasteiger partial charge is 0.408 e. The minimum atomic E-state index is -0.949. The molecule has 0 aliphatic carbocycles. The lowest BCUT2D eigenvalue weighted by atomic mass is 10.0. The molecule has 0 fully saturated rings. The van der Waals surface area contributed by atoms with Crippen molar-refractivity contribution in [3.05, 3.63) is 29.3 Å². The number of ether oxygens (including phenoxy) is 2. The first-order valence-corrected chi connectivity index (χ1v) is 10.0. The van der Waals surface area contributed by atoms with Gasteiger partial charge in [-0.2, -0.15) is 5.26 Å². The van der Waals surface area contributed by atoms with Crippen LogP contribution in [0.4, 0.5) is 10.5 Å². The van der Waals surface area contributed by atoms with Crippen molar-refractivity contribution < 1.29 is 28.7 Å². The number of carbonyl (C=O) groups excluding carboxylic acids is 4. The molecule has 174 valence electrons. The molecule has 0 saturated heterocycles. The highest BCUT2D eigenvalue weighted by molar-refractivity contribution is 5.99. The van der Waals surface area contributed by atoms with Gasteiger partial charge in [0.25, 0.3) is 0 Å². The molecule has 0 bridgehead atoms. The predicted octanol–water partition coefficient (Wildman–Crippen LogP) is 2.34. The summed E-state index contributed by atoms with van der Waals surface area (Å²) in [5.41, 5.74) is -0.344. The molecule has 1 aromatic carbocycles. The fourth-order valence-electron chi connectivity index (χ4n) is 2.59. The maximum absolute atomic E-state index is 12.7. The van der Waals surface area contributed by atoms with E-state index in [0.29, 0.717) is 0 Å². The summed E-state index contributed by atoms with van der Waals surface area (Å²) < 4.78 is 9.80. The van der Waals surface area contributed by atoms with E-state index in [1.54, 1.807) is 34.6 Å². The first-order chi connectivity index (χ1) is 14.8. The summed E-state index contributed by atoms with van der Waals surface area (Å²) in [6, 6.07) is 4.15. The Morgan fingerprint density at radius 2 is 1.66 bits per heavy atom. The van der Waals surface area contributed by atoms with Gasteiger partial charge in [-0.25, -0.2) is 9.59 Å². The van der Waals surface area contributed by atoms with Crippen LogP contribution in [0.2, 0.25) is 0 Å².